The van der Waals surface area contributed by atoms with Gasteiger partial charge in [0.25, 0.3) is 22.2 Å². The first-order chi connectivity index (χ1) is 69.4. The molecule has 12 aromatic heterocycles. The fourth-order valence-electron chi connectivity index (χ4n) is 20.1. The van der Waals surface area contributed by atoms with Gasteiger partial charge < -0.3 is 43.2 Å². The molecule has 0 atom stereocenters. The first-order valence-corrected chi connectivity index (χ1v) is 51.3. The minimum absolute atomic E-state index is 0.0567. The zero-order valence-electron chi connectivity index (χ0n) is 81.5. The second-order valence-corrected chi connectivity index (χ2v) is 39.6. The number of nitrogens with zero attached hydrogens (tertiary/aromatic N) is 16. The number of benzene rings is 4. The van der Waals surface area contributed by atoms with E-state index in [2.05, 4.69) is 61.1 Å². The molecule has 32 heteroatoms. The molecule has 4 aliphatic carbocycles. The summed E-state index contributed by atoms with van der Waals surface area (Å²) >= 11 is 26.9. The first-order valence-electron chi connectivity index (χ1n) is 49.8. The molecule has 5 fully saturated rings. The molecular formula is C111H119Cl4N23O5. The zero-order chi connectivity index (χ0) is 99.6. The summed E-state index contributed by atoms with van der Waals surface area (Å²) in [7, 11) is 0. The van der Waals surface area contributed by atoms with Crippen LogP contribution in [0.3, 0.4) is 0 Å². The third-order valence-corrected chi connectivity index (χ3v) is 29.3. The van der Waals surface area contributed by atoms with Crippen molar-refractivity contribution in [1.29, 1.82) is 0 Å². The van der Waals surface area contributed by atoms with Crippen LogP contribution in [0.15, 0.2) is 214 Å². The van der Waals surface area contributed by atoms with Crippen molar-refractivity contribution in [2.45, 2.75) is 226 Å². The van der Waals surface area contributed by atoms with E-state index in [4.69, 9.17) is 88.3 Å². The van der Waals surface area contributed by atoms with Gasteiger partial charge in [-0.05, 0) is 260 Å². The van der Waals surface area contributed by atoms with Crippen LogP contribution in [-0.4, -0.2) is 134 Å². The number of nitrogens with two attached hydrogens (primary N) is 3. The summed E-state index contributed by atoms with van der Waals surface area (Å²) in [6.07, 6.45) is 27.2. The summed E-state index contributed by atoms with van der Waals surface area (Å²) in [6.45, 7) is 17.4. The van der Waals surface area contributed by atoms with Gasteiger partial charge in [-0.2, -0.15) is 19.9 Å². The molecule has 0 amide bonds. The molecule has 143 heavy (non-hydrogen) atoms. The maximum absolute atomic E-state index is 14.0. The van der Waals surface area contributed by atoms with Gasteiger partial charge in [0, 0.05) is 232 Å². The highest BCUT2D eigenvalue weighted by molar-refractivity contribution is 6.35. The second-order valence-electron chi connectivity index (χ2n) is 38.0. The van der Waals surface area contributed by atoms with Crippen molar-refractivity contribution in [3.8, 4) is 89.5 Å². The van der Waals surface area contributed by atoms with Gasteiger partial charge in [0.05, 0.1) is 22.8 Å². The van der Waals surface area contributed by atoms with Crippen molar-refractivity contribution in [3.63, 3.8) is 0 Å². The normalized spacial score (nSPS) is 17.7. The van der Waals surface area contributed by atoms with Crippen LogP contribution in [0, 0.1) is 33.6 Å². The number of anilines is 4. The van der Waals surface area contributed by atoms with E-state index < -0.39 is 0 Å². The molecule has 4 aromatic carbocycles. The van der Waals surface area contributed by atoms with Gasteiger partial charge in [0.1, 0.15) is 22.6 Å². The molecule has 0 unspecified atom stereocenters. The van der Waals surface area contributed by atoms with Crippen molar-refractivity contribution >= 4 is 114 Å². The number of hydrogen-bond acceptors (Lipinski definition) is 24. The molecule has 13 heterocycles. The Hall–Kier alpha value is -13.2. The Morgan fingerprint density at radius 2 is 0.678 bits per heavy atom. The number of halogens is 4. The van der Waals surface area contributed by atoms with Crippen LogP contribution in [0.4, 0.5) is 23.8 Å². The van der Waals surface area contributed by atoms with Crippen molar-refractivity contribution < 1.29 is 4.74 Å². The minimum Gasteiger partial charge on any atom is -0.381 e. The second kappa shape index (κ2) is 45.2. The highest BCUT2D eigenvalue weighted by Crippen LogP contribution is 2.41. The number of hydrogen-bond donors (Lipinski definition) is 7. The Labute approximate surface area is 850 Å². The van der Waals surface area contributed by atoms with Crippen molar-refractivity contribution in [1.82, 2.24) is 78.1 Å². The van der Waals surface area contributed by atoms with Crippen LogP contribution < -0.4 is 60.7 Å². The van der Waals surface area contributed by atoms with E-state index >= 15 is 0 Å². The number of rotatable bonds is 21. The fourth-order valence-corrected chi connectivity index (χ4v) is 21.3. The Balaban J connectivity index is 0.000000126. The van der Waals surface area contributed by atoms with E-state index in [1.54, 1.807) is 38.5 Å². The Morgan fingerprint density at radius 1 is 0.350 bits per heavy atom. The third kappa shape index (κ3) is 22.9. The Bertz CT molecular complexity index is 7410. The van der Waals surface area contributed by atoms with Gasteiger partial charge in [-0.1, -0.05) is 132 Å². The van der Waals surface area contributed by atoms with Crippen LogP contribution in [0.25, 0.3) is 134 Å². The molecule has 16 aromatic rings. The maximum atomic E-state index is 14.0. The largest absolute Gasteiger partial charge is 0.381 e. The molecule has 0 bridgehead atoms. The number of pyridine rings is 8. The summed E-state index contributed by atoms with van der Waals surface area (Å²) < 4.78 is 12.4. The smallest absolute Gasteiger partial charge is 0.260 e. The number of aryl methyl sites for hydroxylation is 7. The topological polar surface area (TPSA) is 378 Å². The Morgan fingerprint density at radius 3 is 1.02 bits per heavy atom. The fraction of sp³-hybridized carbons (Fsp3) is 0.351. The average molecular weight is 2000 g/mol. The molecule has 736 valence electrons. The molecular weight excluding hydrogens is 1880 g/mol. The molecule has 0 spiro atoms. The number of nitrogens with one attached hydrogen (secondary N) is 4. The Kier molecular flexibility index (Phi) is 31.6. The molecule has 5 aliphatic rings. The van der Waals surface area contributed by atoms with Gasteiger partial charge in [-0.15, -0.1) is 0 Å². The van der Waals surface area contributed by atoms with Crippen LogP contribution in [-0.2, 0) is 24.4 Å². The lowest BCUT2D eigenvalue weighted by molar-refractivity contribution is 0.0903. The quantitative estimate of drug-likeness (QED) is 0.0351. The summed E-state index contributed by atoms with van der Waals surface area (Å²) in [5, 5.41) is 19.0. The monoisotopic (exact) mass is 1990 g/mol. The highest BCUT2D eigenvalue weighted by atomic mass is 35.5. The van der Waals surface area contributed by atoms with Crippen LogP contribution in [0.1, 0.15) is 165 Å². The first kappa shape index (κ1) is 100.0. The standard InChI is InChI=1S/C29H30ClN5O2.C28H31ClN6O.2C27H29ClN6O/c1-18-5-4-12-31-26(18)19-8-9-23(25(30)16-19)24-15-20-17-32-29(33-21-10-13-37-14-11-21)34-27(20)35(28(24)36)22-6-2-3-7-22;1-3-35-26-20(16-31-28(34-26)33-21-10-7-18(15-30)8-11-21)13-23(27(35)36)22-12-9-19(14-24(22)29)25-6-4-5-17(2)32-25;2*1-3-34-25-18(15-30-27(33-25)32-20-10-8-19(29)9-11-20)13-22(26(34)35)21-12-7-17(14-23(21)28)24-6-4-5-16(2)31-24/h4-5,8-9,12,15-17,21-22H,2-3,6-7,10-11,13-14H2,1H3,(H,32,33,34);4-6,9,12-14,16,18,21H,3,7-8,10-11,15,30H2,1-2H3,(H,31,33,34);2*4-7,12-15,19-20H,3,8-11,29H2,1-2H3,(H,30,32,33). The molecule has 28 nitrogen and oxygen atoms in total. The molecule has 0 radical (unpaired) electrons. The lowest BCUT2D eigenvalue weighted by Gasteiger charge is -2.28. The molecule has 4 saturated carbocycles. The molecule has 1 aliphatic heterocycles. The van der Waals surface area contributed by atoms with E-state index in [0.717, 1.165) is 225 Å². The third-order valence-electron chi connectivity index (χ3n) is 28.0. The predicted molar refractivity (Wildman–Crippen MR) is 577 cm³/mol. The van der Waals surface area contributed by atoms with Gasteiger partial charge >= 0.3 is 0 Å². The van der Waals surface area contributed by atoms with Crippen LogP contribution >= 0.6 is 46.4 Å². The summed E-state index contributed by atoms with van der Waals surface area (Å²) in [6, 6.07) is 53.7. The van der Waals surface area contributed by atoms with Crippen molar-refractivity contribution in [2.24, 2.45) is 23.1 Å². The van der Waals surface area contributed by atoms with E-state index in [0.29, 0.717) is 155 Å². The van der Waals surface area contributed by atoms with E-state index in [1.165, 1.54) is 0 Å². The zero-order valence-corrected chi connectivity index (χ0v) is 84.5. The maximum Gasteiger partial charge on any atom is 0.260 e. The average Bonchev–Trinajstić information content (AvgIpc) is 1.73. The lowest BCUT2D eigenvalue weighted by atomic mass is 9.86. The molecule has 1 saturated heterocycles. The summed E-state index contributed by atoms with van der Waals surface area (Å²) in [5.41, 5.74) is 35.8. The SMILES string of the molecule is CCn1c(=O)c(-c2ccc(-c3cccc(C)n3)cc2Cl)cc2cnc(NC3CCC(CN)CC3)nc21.CCn1c(=O)c(-c2ccc(-c3cccc(C)n3)cc2Cl)cc2cnc(NC3CCC(N)CC3)nc21.CCn1c(=O)c(-c2ccc(-c3cccc(C)n3)cc2Cl)cc2cnc(NC3CCC(N)CC3)nc21.Cc1cccnc1-c1ccc(-c2cc3cnc(NC4CCOCC4)nc3n(C3CCCC3)c2=O)c(Cl)c1. The van der Waals surface area contributed by atoms with E-state index in [1.807, 2.05) is 223 Å². The van der Waals surface area contributed by atoms with Crippen LogP contribution in [0.2, 0.25) is 20.1 Å². The summed E-state index contributed by atoms with van der Waals surface area (Å²) in [4.78, 5) is 110. The highest BCUT2D eigenvalue weighted by Gasteiger charge is 2.30. The number of fused-ring (bicyclic) bond motifs is 4. The number of aromatic nitrogens is 16. The van der Waals surface area contributed by atoms with Crippen molar-refractivity contribution in [2.75, 3.05) is 41.0 Å². The molecule has 21 rings (SSSR count). The lowest BCUT2D eigenvalue weighted by Crippen LogP contribution is -2.33. The van der Waals surface area contributed by atoms with Gasteiger partial charge in [-0.3, -0.25) is 57.4 Å². The van der Waals surface area contributed by atoms with E-state index in [9.17, 15) is 19.2 Å². The van der Waals surface area contributed by atoms with Gasteiger partial charge in [0.15, 0.2) is 0 Å². The van der Waals surface area contributed by atoms with Crippen molar-refractivity contribution in [3.05, 3.63) is 279 Å². The van der Waals surface area contributed by atoms with Crippen LogP contribution in [0.5, 0.6) is 0 Å². The van der Waals surface area contributed by atoms with Gasteiger partial charge in [-0.25, -0.2) is 19.9 Å². The van der Waals surface area contributed by atoms with E-state index in [-0.39, 0.29) is 46.4 Å². The summed E-state index contributed by atoms with van der Waals surface area (Å²) in [5.74, 6) is 2.81. The minimum atomic E-state index is -0.128. The van der Waals surface area contributed by atoms with Gasteiger partial charge in [0.2, 0.25) is 23.8 Å². The predicted octanol–water partition coefficient (Wildman–Crippen LogP) is 22.0. The molecule has 10 N–H and O–H groups in total. The number of ether oxygens (including phenoxy) is 1.